The van der Waals surface area contributed by atoms with Crippen LogP contribution in [0.15, 0.2) is 51.8 Å². The standard InChI is InChI=1S/C14H8N2O3/c17-8-4-5-10-9(7-8)13(18)12-14(19-10)15-11-3-1-2-6-16(11)12/h1-7,17H. The van der Waals surface area contributed by atoms with Crippen molar-refractivity contribution in [2.45, 2.75) is 0 Å². The van der Waals surface area contributed by atoms with E-state index in [4.69, 9.17) is 4.42 Å². The molecule has 0 spiro atoms. The molecular formula is C14H8N2O3. The first kappa shape index (κ1) is 10.1. The molecule has 0 saturated heterocycles. The maximum absolute atomic E-state index is 12.5. The molecule has 0 saturated carbocycles. The lowest BCUT2D eigenvalue weighted by Crippen LogP contribution is -2.04. The second-order valence-corrected chi connectivity index (χ2v) is 4.31. The van der Waals surface area contributed by atoms with Gasteiger partial charge in [-0.2, -0.15) is 4.98 Å². The van der Waals surface area contributed by atoms with Crippen LogP contribution in [0.5, 0.6) is 5.75 Å². The molecule has 0 unspecified atom stereocenters. The van der Waals surface area contributed by atoms with Gasteiger partial charge in [0.05, 0.1) is 5.39 Å². The van der Waals surface area contributed by atoms with Gasteiger partial charge in [-0.05, 0) is 30.3 Å². The van der Waals surface area contributed by atoms with Gasteiger partial charge in [0.25, 0.3) is 0 Å². The number of phenolic OH excluding ortho intramolecular Hbond substituents is 1. The molecule has 4 rings (SSSR count). The van der Waals surface area contributed by atoms with E-state index in [0.29, 0.717) is 27.8 Å². The Kier molecular flexibility index (Phi) is 1.79. The number of hydrogen-bond acceptors (Lipinski definition) is 4. The summed E-state index contributed by atoms with van der Waals surface area (Å²) in [5.41, 5.74) is 1.55. The summed E-state index contributed by atoms with van der Waals surface area (Å²) in [7, 11) is 0. The van der Waals surface area contributed by atoms with Crippen LogP contribution >= 0.6 is 0 Å². The summed E-state index contributed by atoms with van der Waals surface area (Å²) in [5.74, 6) is 0.0352. The zero-order valence-electron chi connectivity index (χ0n) is 9.70. The summed E-state index contributed by atoms with van der Waals surface area (Å²) in [5, 5.41) is 9.83. The van der Waals surface area contributed by atoms with Crippen LogP contribution in [0.25, 0.3) is 27.8 Å². The van der Waals surface area contributed by atoms with E-state index in [0.717, 1.165) is 0 Å². The van der Waals surface area contributed by atoms with E-state index in [-0.39, 0.29) is 11.2 Å². The summed E-state index contributed by atoms with van der Waals surface area (Å²) in [6, 6.07) is 9.92. The molecule has 0 aliphatic carbocycles. The fraction of sp³-hybridized carbons (Fsp3) is 0. The molecule has 0 aliphatic heterocycles. The minimum Gasteiger partial charge on any atom is -0.508 e. The lowest BCUT2D eigenvalue weighted by atomic mass is 10.2. The summed E-state index contributed by atoms with van der Waals surface area (Å²) in [4.78, 5) is 16.8. The molecule has 0 fully saturated rings. The number of imidazole rings is 1. The maximum Gasteiger partial charge on any atom is 0.250 e. The van der Waals surface area contributed by atoms with E-state index in [9.17, 15) is 9.90 Å². The number of benzene rings is 1. The van der Waals surface area contributed by atoms with Crippen molar-refractivity contribution in [3.8, 4) is 5.75 Å². The smallest absolute Gasteiger partial charge is 0.250 e. The SMILES string of the molecule is O=c1c2cc(O)ccc2oc2nc3ccccn3c12. The lowest BCUT2D eigenvalue weighted by molar-refractivity contribution is 0.475. The first-order valence-electron chi connectivity index (χ1n) is 5.77. The number of rotatable bonds is 0. The molecule has 0 radical (unpaired) electrons. The number of nitrogens with zero attached hydrogens (tertiary/aromatic N) is 2. The first-order valence-corrected chi connectivity index (χ1v) is 5.77. The Labute approximate surface area is 106 Å². The summed E-state index contributed by atoms with van der Waals surface area (Å²) in [6.07, 6.45) is 1.76. The van der Waals surface area contributed by atoms with Crippen LogP contribution in [0.1, 0.15) is 0 Å². The van der Waals surface area contributed by atoms with Crippen molar-refractivity contribution >= 4 is 27.8 Å². The molecule has 1 aromatic carbocycles. The van der Waals surface area contributed by atoms with Crippen molar-refractivity contribution in [3.05, 3.63) is 52.8 Å². The fourth-order valence-corrected chi connectivity index (χ4v) is 2.27. The highest BCUT2D eigenvalue weighted by atomic mass is 16.3. The predicted molar refractivity (Wildman–Crippen MR) is 70.4 cm³/mol. The molecule has 5 nitrogen and oxygen atoms in total. The highest BCUT2D eigenvalue weighted by Gasteiger charge is 2.13. The Balaban J connectivity index is 2.34. The van der Waals surface area contributed by atoms with Crippen molar-refractivity contribution in [2.75, 3.05) is 0 Å². The number of fused-ring (bicyclic) bond motifs is 4. The third-order valence-electron chi connectivity index (χ3n) is 3.13. The molecule has 0 amide bonds. The van der Waals surface area contributed by atoms with E-state index in [2.05, 4.69) is 4.98 Å². The Bertz CT molecular complexity index is 998. The molecule has 3 heterocycles. The second kappa shape index (κ2) is 3.35. The van der Waals surface area contributed by atoms with E-state index in [1.807, 2.05) is 12.1 Å². The minimum atomic E-state index is -0.203. The summed E-state index contributed by atoms with van der Waals surface area (Å²) in [6.45, 7) is 0. The van der Waals surface area contributed by atoms with Crippen LogP contribution in [0, 0.1) is 0 Å². The normalized spacial score (nSPS) is 11.6. The van der Waals surface area contributed by atoms with Gasteiger partial charge in [0.2, 0.25) is 11.1 Å². The number of pyridine rings is 1. The highest BCUT2D eigenvalue weighted by molar-refractivity contribution is 5.89. The molecule has 19 heavy (non-hydrogen) atoms. The second-order valence-electron chi connectivity index (χ2n) is 4.31. The maximum atomic E-state index is 12.5. The van der Waals surface area contributed by atoms with Crippen molar-refractivity contribution in [2.24, 2.45) is 0 Å². The zero-order chi connectivity index (χ0) is 13.0. The van der Waals surface area contributed by atoms with Gasteiger partial charge < -0.3 is 9.52 Å². The van der Waals surface area contributed by atoms with Gasteiger partial charge in [0, 0.05) is 6.20 Å². The number of hydrogen-bond donors (Lipinski definition) is 1. The van der Waals surface area contributed by atoms with E-state index < -0.39 is 0 Å². The lowest BCUT2D eigenvalue weighted by Gasteiger charge is -1.98. The van der Waals surface area contributed by atoms with Crippen LogP contribution < -0.4 is 5.43 Å². The molecule has 0 bridgehead atoms. The van der Waals surface area contributed by atoms with Gasteiger partial charge in [0.1, 0.15) is 17.0 Å². The van der Waals surface area contributed by atoms with Crippen LogP contribution in [0.4, 0.5) is 0 Å². The average Bonchev–Trinajstić information content (AvgIpc) is 2.78. The molecule has 0 aliphatic rings. The van der Waals surface area contributed by atoms with Gasteiger partial charge in [-0.3, -0.25) is 9.20 Å². The van der Waals surface area contributed by atoms with Crippen molar-refractivity contribution in [1.82, 2.24) is 9.38 Å². The van der Waals surface area contributed by atoms with Gasteiger partial charge >= 0.3 is 0 Å². The molecule has 92 valence electrons. The largest absolute Gasteiger partial charge is 0.508 e. The van der Waals surface area contributed by atoms with E-state index >= 15 is 0 Å². The number of aromatic nitrogens is 2. The molecule has 4 aromatic rings. The Hall–Kier alpha value is -2.82. The van der Waals surface area contributed by atoms with Crippen LogP contribution in [-0.2, 0) is 0 Å². The van der Waals surface area contributed by atoms with Crippen molar-refractivity contribution in [1.29, 1.82) is 0 Å². The third kappa shape index (κ3) is 1.29. The predicted octanol–water partition coefficient (Wildman–Crippen LogP) is 2.30. The van der Waals surface area contributed by atoms with Gasteiger partial charge in [-0.15, -0.1) is 0 Å². The van der Waals surface area contributed by atoms with Gasteiger partial charge in [-0.25, -0.2) is 0 Å². The van der Waals surface area contributed by atoms with Crippen LogP contribution in [-0.4, -0.2) is 14.5 Å². The Morgan fingerprint density at radius 1 is 1.21 bits per heavy atom. The van der Waals surface area contributed by atoms with Crippen molar-refractivity contribution < 1.29 is 9.52 Å². The summed E-state index contributed by atoms with van der Waals surface area (Å²) >= 11 is 0. The average molecular weight is 252 g/mol. The molecular weight excluding hydrogens is 244 g/mol. The van der Waals surface area contributed by atoms with Crippen molar-refractivity contribution in [3.63, 3.8) is 0 Å². The number of aromatic hydroxyl groups is 1. The Morgan fingerprint density at radius 3 is 3.00 bits per heavy atom. The third-order valence-corrected chi connectivity index (χ3v) is 3.13. The van der Waals surface area contributed by atoms with E-state index in [1.54, 1.807) is 22.7 Å². The van der Waals surface area contributed by atoms with Gasteiger partial charge in [-0.1, -0.05) is 6.07 Å². The summed E-state index contributed by atoms with van der Waals surface area (Å²) < 4.78 is 7.31. The minimum absolute atomic E-state index is 0.0352. The monoisotopic (exact) mass is 252 g/mol. The quantitative estimate of drug-likeness (QED) is 0.521. The topological polar surface area (TPSA) is 67.7 Å². The Morgan fingerprint density at radius 2 is 2.11 bits per heavy atom. The molecule has 3 aromatic heterocycles. The molecule has 1 N–H and O–H groups in total. The van der Waals surface area contributed by atoms with Crippen LogP contribution in [0.2, 0.25) is 0 Å². The van der Waals surface area contributed by atoms with Crippen LogP contribution in [0.3, 0.4) is 0 Å². The highest BCUT2D eigenvalue weighted by Crippen LogP contribution is 2.22. The number of phenols is 1. The van der Waals surface area contributed by atoms with Gasteiger partial charge in [0.15, 0.2) is 5.52 Å². The first-order chi connectivity index (χ1) is 9.24. The molecule has 0 atom stereocenters. The molecule has 5 heteroatoms. The fourth-order valence-electron chi connectivity index (χ4n) is 2.27. The van der Waals surface area contributed by atoms with E-state index in [1.165, 1.54) is 12.1 Å². The zero-order valence-corrected chi connectivity index (χ0v) is 9.70.